The number of rotatable bonds is 2. The van der Waals surface area contributed by atoms with Gasteiger partial charge < -0.3 is 15.9 Å². The fourth-order valence-corrected chi connectivity index (χ4v) is 0.921. The highest BCUT2D eigenvalue weighted by Gasteiger charge is 2.18. The van der Waals surface area contributed by atoms with E-state index in [4.69, 9.17) is 15.3 Å². The standard InChI is InChI=1S/C7H13N3O2/c1-5-4-9-10(12-3)7(11-2)6(5)8/h4,10H,8H2,1-3H3. The van der Waals surface area contributed by atoms with Gasteiger partial charge in [0, 0.05) is 0 Å². The van der Waals surface area contributed by atoms with Crippen LogP contribution in [0.25, 0.3) is 5.43 Å². The lowest BCUT2D eigenvalue weighted by molar-refractivity contribution is -1.04. The van der Waals surface area contributed by atoms with Gasteiger partial charge in [0.2, 0.25) is 0 Å². The zero-order valence-electron chi connectivity index (χ0n) is 7.42. The molecule has 3 N–H and O–H groups in total. The minimum absolute atomic E-state index is 0.417. The van der Waals surface area contributed by atoms with Gasteiger partial charge in [0.25, 0.3) is 0 Å². The van der Waals surface area contributed by atoms with Crippen LogP contribution in [-0.4, -0.2) is 14.2 Å². The van der Waals surface area contributed by atoms with E-state index in [0.29, 0.717) is 16.8 Å². The van der Waals surface area contributed by atoms with Gasteiger partial charge in [-0.15, -0.1) is 6.20 Å². The van der Waals surface area contributed by atoms with Gasteiger partial charge >= 0.3 is 5.88 Å². The number of nitrogens with two attached hydrogens (primary N) is 1. The summed E-state index contributed by atoms with van der Waals surface area (Å²) in [6, 6.07) is 0. The van der Waals surface area contributed by atoms with Crippen molar-refractivity contribution in [1.29, 1.82) is 0 Å². The number of nitrogens with one attached hydrogen (secondary N) is 1. The summed E-state index contributed by atoms with van der Waals surface area (Å²) in [6.07, 6.45) is 1.65. The molecule has 0 aromatic heterocycles. The number of hydrogen-bond donors (Lipinski definition) is 2. The Hall–Kier alpha value is -1.20. The Morgan fingerprint density at radius 2 is 2.17 bits per heavy atom. The van der Waals surface area contributed by atoms with Crippen molar-refractivity contribution >= 4 is 0 Å². The van der Waals surface area contributed by atoms with Gasteiger partial charge in [0.05, 0.1) is 14.2 Å². The van der Waals surface area contributed by atoms with Crippen LogP contribution in [0.3, 0.4) is 0 Å². The number of methoxy groups -OCH3 is 1. The molecule has 5 nitrogen and oxygen atoms in total. The first-order valence-corrected chi connectivity index (χ1v) is 3.53. The molecule has 0 amide bonds. The van der Waals surface area contributed by atoms with E-state index < -0.39 is 0 Å². The summed E-state index contributed by atoms with van der Waals surface area (Å²) in [4.78, 5) is 4.96. The van der Waals surface area contributed by atoms with Crippen molar-refractivity contribution in [2.24, 2.45) is 5.73 Å². The molecule has 0 fully saturated rings. The normalized spacial score (nSPS) is 23.2. The van der Waals surface area contributed by atoms with Crippen LogP contribution in [0.5, 0.6) is 0 Å². The predicted molar refractivity (Wildman–Crippen MR) is 43.3 cm³/mol. The Morgan fingerprint density at radius 1 is 1.50 bits per heavy atom. The highest BCUT2D eigenvalue weighted by atomic mass is 16.7. The van der Waals surface area contributed by atoms with Crippen LogP contribution in [-0.2, 0) is 9.57 Å². The average molecular weight is 171 g/mol. The maximum atomic E-state index is 5.72. The lowest BCUT2D eigenvalue weighted by Gasteiger charge is -2.30. The third-order valence-electron chi connectivity index (χ3n) is 1.64. The van der Waals surface area contributed by atoms with Gasteiger partial charge in [0.1, 0.15) is 5.70 Å². The number of hydroxylamine groups is 1. The third kappa shape index (κ3) is 1.37. The highest BCUT2D eigenvalue weighted by Crippen LogP contribution is 2.10. The summed E-state index contributed by atoms with van der Waals surface area (Å²) in [5.74, 6) is 0.498. The molecule has 0 aliphatic carbocycles. The van der Waals surface area contributed by atoms with Crippen molar-refractivity contribution in [3.05, 3.63) is 28.8 Å². The van der Waals surface area contributed by atoms with E-state index in [2.05, 4.69) is 5.43 Å². The minimum atomic E-state index is 0.417. The lowest BCUT2D eigenvalue weighted by atomic mass is 10.2. The van der Waals surface area contributed by atoms with E-state index in [1.807, 2.05) is 6.92 Å². The van der Waals surface area contributed by atoms with Crippen molar-refractivity contribution < 1.29 is 14.7 Å². The van der Waals surface area contributed by atoms with Crippen molar-refractivity contribution in [2.45, 2.75) is 6.92 Å². The molecule has 1 aliphatic heterocycles. The fourth-order valence-electron chi connectivity index (χ4n) is 0.921. The summed E-state index contributed by atoms with van der Waals surface area (Å²) in [5.41, 5.74) is 11.2. The Bertz CT molecular complexity index is 235. The molecule has 0 saturated heterocycles. The van der Waals surface area contributed by atoms with Crippen LogP contribution in [0.1, 0.15) is 6.92 Å². The molecule has 68 valence electrons. The average Bonchev–Trinajstić information content (AvgIpc) is 2.09. The Kier molecular flexibility index (Phi) is 2.57. The molecule has 5 heteroatoms. The second kappa shape index (κ2) is 3.46. The predicted octanol–water partition coefficient (Wildman–Crippen LogP) is -0.587. The summed E-state index contributed by atoms with van der Waals surface area (Å²) < 4.78 is 5.04. The largest absolute Gasteiger partial charge is 0.453 e. The second-order valence-electron chi connectivity index (χ2n) is 2.40. The molecule has 12 heavy (non-hydrogen) atoms. The monoisotopic (exact) mass is 171 g/mol. The molecule has 1 unspecified atom stereocenters. The smallest absolute Gasteiger partial charge is 0.341 e. The molecular weight excluding hydrogens is 158 g/mol. The third-order valence-corrected chi connectivity index (χ3v) is 1.64. The van der Waals surface area contributed by atoms with Crippen molar-refractivity contribution in [1.82, 2.24) is 0 Å². The zero-order valence-corrected chi connectivity index (χ0v) is 7.42. The molecule has 1 heterocycles. The number of ether oxygens (including phenoxy) is 1. The van der Waals surface area contributed by atoms with E-state index in [1.165, 1.54) is 14.2 Å². The van der Waals surface area contributed by atoms with Gasteiger partial charge in [-0.05, 0) is 12.5 Å². The second-order valence-corrected chi connectivity index (χ2v) is 2.40. The van der Waals surface area contributed by atoms with E-state index in [9.17, 15) is 0 Å². The summed E-state index contributed by atoms with van der Waals surface area (Å²) >= 11 is 0. The van der Waals surface area contributed by atoms with Crippen molar-refractivity contribution in [2.75, 3.05) is 14.2 Å². The minimum Gasteiger partial charge on any atom is -0.453 e. The first kappa shape index (κ1) is 8.89. The van der Waals surface area contributed by atoms with Crippen LogP contribution in [0.4, 0.5) is 0 Å². The molecule has 0 aromatic carbocycles. The Balaban J connectivity index is 2.92. The molecule has 0 saturated carbocycles. The topological polar surface area (TPSA) is 63.0 Å². The first-order chi connectivity index (χ1) is 5.70. The summed E-state index contributed by atoms with van der Waals surface area (Å²) in [5, 5.41) is 0.417. The van der Waals surface area contributed by atoms with Gasteiger partial charge in [-0.1, -0.05) is 0 Å². The Morgan fingerprint density at radius 3 is 2.67 bits per heavy atom. The van der Waals surface area contributed by atoms with Crippen LogP contribution in [0.15, 0.2) is 23.4 Å². The molecule has 0 spiro atoms. The molecule has 1 atom stereocenters. The van der Waals surface area contributed by atoms with Gasteiger partial charge in [0.15, 0.2) is 0 Å². The van der Waals surface area contributed by atoms with E-state index in [0.717, 1.165) is 5.57 Å². The van der Waals surface area contributed by atoms with E-state index in [-0.39, 0.29) is 0 Å². The molecule has 0 bridgehead atoms. The quantitative estimate of drug-likeness (QED) is 0.584. The maximum Gasteiger partial charge on any atom is 0.341 e. The summed E-state index contributed by atoms with van der Waals surface area (Å²) in [6.45, 7) is 1.87. The first-order valence-electron chi connectivity index (χ1n) is 3.53. The van der Waals surface area contributed by atoms with Crippen LogP contribution >= 0.6 is 0 Å². The van der Waals surface area contributed by atoms with E-state index in [1.54, 1.807) is 6.20 Å². The highest BCUT2D eigenvalue weighted by molar-refractivity contribution is 5.30. The van der Waals surface area contributed by atoms with E-state index >= 15 is 0 Å². The zero-order chi connectivity index (χ0) is 9.14. The van der Waals surface area contributed by atoms with Crippen molar-refractivity contribution in [3.63, 3.8) is 0 Å². The van der Waals surface area contributed by atoms with Crippen LogP contribution in [0, 0.1) is 0 Å². The number of allylic oxidation sites excluding steroid dienone is 1. The van der Waals surface area contributed by atoms with Crippen molar-refractivity contribution in [3.8, 4) is 0 Å². The maximum absolute atomic E-state index is 5.72. The molecule has 0 radical (unpaired) electrons. The molecular formula is C7H13N3O2. The number of hydrogen-bond acceptors (Lipinski definition) is 3. The summed E-state index contributed by atoms with van der Waals surface area (Å²) in [7, 11) is 3.06. The molecule has 1 rings (SSSR count). The van der Waals surface area contributed by atoms with Crippen LogP contribution < -0.4 is 10.9 Å². The number of quaternary nitrogens is 1. The molecule has 0 aromatic rings. The number of nitrogens with zero attached hydrogens (tertiary/aromatic N) is 1. The van der Waals surface area contributed by atoms with Gasteiger partial charge in [-0.25, -0.2) is 4.84 Å². The van der Waals surface area contributed by atoms with Crippen LogP contribution in [0.2, 0.25) is 0 Å². The fraction of sp³-hybridized carbons (Fsp3) is 0.429. The van der Waals surface area contributed by atoms with Gasteiger partial charge in [-0.2, -0.15) is 5.17 Å². The van der Waals surface area contributed by atoms with Gasteiger partial charge in [-0.3, -0.25) is 0 Å². The molecule has 1 aliphatic rings. The lowest BCUT2D eigenvalue weighted by Crippen LogP contribution is -3.05. The SMILES string of the molecule is COC1=C(N)C(C)=C[N-][NH+]1OC. The Labute approximate surface area is 71.3 Å².